The van der Waals surface area contributed by atoms with Crippen LogP contribution in [-0.2, 0) is 14.8 Å². The van der Waals surface area contributed by atoms with Crippen LogP contribution in [-0.4, -0.2) is 27.4 Å². The average molecular weight is 318 g/mol. The average Bonchev–Trinajstić information content (AvgIpc) is 2.50. The van der Waals surface area contributed by atoms with Crippen LogP contribution in [0.2, 0.25) is 0 Å². The number of rotatable bonds is 6. The number of benzene rings is 2. The lowest BCUT2D eigenvalue weighted by molar-refractivity contribution is -0.117. The summed E-state index contributed by atoms with van der Waals surface area (Å²) in [5.74, 6) is -0.287. The maximum absolute atomic E-state index is 12.2. The molecule has 2 aromatic carbocycles. The second kappa shape index (κ2) is 6.72. The Morgan fingerprint density at radius 1 is 1.09 bits per heavy atom. The second-order valence-corrected chi connectivity index (χ2v) is 6.71. The van der Waals surface area contributed by atoms with Gasteiger partial charge in [0.2, 0.25) is 15.9 Å². The molecule has 0 aliphatic rings. The number of carbonyl (C=O) groups is 1. The summed E-state index contributed by atoms with van der Waals surface area (Å²) in [6.45, 7) is 5.43. The van der Waals surface area contributed by atoms with Crippen molar-refractivity contribution in [2.75, 3.05) is 13.1 Å². The molecule has 0 saturated carbocycles. The van der Waals surface area contributed by atoms with Gasteiger partial charge in [0.1, 0.15) is 0 Å². The molecule has 5 nitrogen and oxygen atoms in total. The molecule has 2 aromatic rings. The fourth-order valence-electron chi connectivity index (χ4n) is 1.93. The lowest BCUT2D eigenvalue weighted by atomic mass is 10.1. The van der Waals surface area contributed by atoms with Gasteiger partial charge in [0.05, 0.1) is 4.90 Å². The summed E-state index contributed by atoms with van der Waals surface area (Å²) >= 11 is 0. The normalized spacial score (nSPS) is 11.3. The molecule has 0 aliphatic heterocycles. The monoisotopic (exact) mass is 318 g/mol. The van der Waals surface area contributed by atoms with Crippen molar-refractivity contribution in [2.24, 2.45) is 0 Å². The number of sulfonamides is 1. The fourth-order valence-corrected chi connectivity index (χ4v) is 3.00. The Balaban J connectivity index is 2.02. The van der Waals surface area contributed by atoms with Crippen molar-refractivity contribution < 1.29 is 13.2 Å². The van der Waals surface area contributed by atoms with E-state index in [1.807, 2.05) is 24.3 Å². The quantitative estimate of drug-likeness (QED) is 0.630. The van der Waals surface area contributed by atoms with E-state index in [0.717, 1.165) is 10.8 Å². The molecule has 0 saturated heterocycles. The highest BCUT2D eigenvalue weighted by atomic mass is 32.2. The predicted octanol–water partition coefficient (Wildman–Crippen LogP) is 1.81. The zero-order valence-electron chi connectivity index (χ0n) is 12.3. The highest BCUT2D eigenvalue weighted by molar-refractivity contribution is 7.89. The number of hydrogen-bond acceptors (Lipinski definition) is 3. The zero-order chi connectivity index (χ0) is 16.2. The van der Waals surface area contributed by atoms with Crippen molar-refractivity contribution in [3.05, 3.63) is 54.6 Å². The standard InChI is InChI=1S/C16H18N2O3S/c1-12(2)16(19)17-9-10-18-22(20,21)15-8-7-13-5-3-4-6-14(13)11-15/h3-8,11,18H,1,9-10H2,2H3,(H,17,19). The molecule has 6 heteroatoms. The van der Waals surface area contributed by atoms with Crippen LogP contribution >= 0.6 is 0 Å². The van der Waals surface area contributed by atoms with E-state index in [1.54, 1.807) is 25.1 Å². The molecular weight excluding hydrogens is 300 g/mol. The molecule has 1 amide bonds. The molecular formula is C16H18N2O3S. The first-order valence-electron chi connectivity index (χ1n) is 6.82. The van der Waals surface area contributed by atoms with Gasteiger partial charge in [-0.1, -0.05) is 36.9 Å². The number of carbonyl (C=O) groups excluding carboxylic acids is 1. The van der Waals surface area contributed by atoms with Gasteiger partial charge in [-0.15, -0.1) is 0 Å². The predicted molar refractivity (Wildman–Crippen MR) is 87.0 cm³/mol. The third kappa shape index (κ3) is 3.93. The molecule has 0 spiro atoms. The van der Waals surface area contributed by atoms with Crippen molar-refractivity contribution >= 4 is 26.7 Å². The first-order valence-corrected chi connectivity index (χ1v) is 8.30. The molecule has 116 valence electrons. The van der Waals surface area contributed by atoms with Gasteiger partial charge in [-0.05, 0) is 29.8 Å². The van der Waals surface area contributed by atoms with E-state index < -0.39 is 10.0 Å². The fraction of sp³-hybridized carbons (Fsp3) is 0.188. The number of hydrogen-bond donors (Lipinski definition) is 2. The lowest BCUT2D eigenvalue weighted by Crippen LogP contribution is -2.34. The topological polar surface area (TPSA) is 75.3 Å². The van der Waals surface area contributed by atoms with Gasteiger partial charge in [0.25, 0.3) is 0 Å². The van der Waals surface area contributed by atoms with Crippen LogP contribution in [0, 0.1) is 0 Å². The van der Waals surface area contributed by atoms with Crippen LogP contribution in [0.25, 0.3) is 10.8 Å². The van der Waals surface area contributed by atoms with E-state index in [-0.39, 0.29) is 23.9 Å². The van der Waals surface area contributed by atoms with Crippen LogP contribution in [0.3, 0.4) is 0 Å². The Labute approximate surface area is 130 Å². The van der Waals surface area contributed by atoms with Crippen molar-refractivity contribution in [2.45, 2.75) is 11.8 Å². The largest absolute Gasteiger partial charge is 0.351 e. The molecule has 0 fully saturated rings. The van der Waals surface area contributed by atoms with E-state index in [2.05, 4.69) is 16.6 Å². The summed E-state index contributed by atoms with van der Waals surface area (Å²) in [6.07, 6.45) is 0. The second-order valence-electron chi connectivity index (χ2n) is 4.94. The molecule has 0 aromatic heterocycles. The van der Waals surface area contributed by atoms with E-state index >= 15 is 0 Å². The minimum atomic E-state index is -3.59. The molecule has 2 N–H and O–H groups in total. The minimum Gasteiger partial charge on any atom is -0.351 e. The molecule has 0 bridgehead atoms. The third-order valence-electron chi connectivity index (χ3n) is 3.12. The van der Waals surface area contributed by atoms with Crippen LogP contribution in [0.5, 0.6) is 0 Å². The van der Waals surface area contributed by atoms with Crippen LogP contribution < -0.4 is 10.0 Å². The summed E-state index contributed by atoms with van der Waals surface area (Å²) in [6, 6.07) is 12.5. The summed E-state index contributed by atoms with van der Waals surface area (Å²) in [7, 11) is -3.59. The summed E-state index contributed by atoms with van der Waals surface area (Å²) < 4.78 is 26.9. The van der Waals surface area contributed by atoms with E-state index in [1.165, 1.54) is 0 Å². The maximum atomic E-state index is 12.2. The van der Waals surface area contributed by atoms with Crippen molar-refractivity contribution in [1.82, 2.24) is 10.0 Å². The van der Waals surface area contributed by atoms with E-state index in [4.69, 9.17) is 0 Å². The first-order chi connectivity index (χ1) is 10.4. The van der Waals surface area contributed by atoms with Gasteiger partial charge in [-0.25, -0.2) is 13.1 Å². The highest BCUT2D eigenvalue weighted by Crippen LogP contribution is 2.18. The Morgan fingerprint density at radius 2 is 1.77 bits per heavy atom. The Hall–Kier alpha value is -2.18. The molecule has 0 atom stereocenters. The van der Waals surface area contributed by atoms with Gasteiger partial charge >= 0.3 is 0 Å². The van der Waals surface area contributed by atoms with E-state index in [0.29, 0.717) is 5.57 Å². The molecule has 0 unspecified atom stereocenters. The summed E-state index contributed by atoms with van der Waals surface area (Å²) in [5, 5.41) is 4.41. The van der Waals surface area contributed by atoms with Gasteiger partial charge in [0.15, 0.2) is 0 Å². The first kappa shape index (κ1) is 16.2. The third-order valence-corrected chi connectivity index (χ3v) is 4.58. The Bertz CT molecular complexity index is 813. The zero-order valence-corrected chi connectivity index (χ0v) is 13.1. The maximum Gasteiger partial charge on any atom is 0.246 e. The van der Waals surface area contributed by atoms with Gasteiger partial charge in [-0.2, -0.15) is 0 Å². The molecule has 0 radical (unpaired) electrons. The number of fused-ring (bicyclic) bond motifs is 1. The summed E-state index contributed by atoms with van der Waals surface area (Å²) in [4.78, 5) is 11.5. The van der Waals surface area contributed by atoms with Gasteiger partial charge in [0, 0.05) is 18.7 Å². The number of nitrogens with one attached hydrogen (secondary N) is 2. The number of amides is 1. The molecule has 0 heterocycles. The highest BCUT2D eigenvalue weighted by Gasteiger charge is 2.13. The molecule has 22 heavy (non-hydrogen) atoms. The van der Waals surface area contributed by atoms with Crippen molar-refractivity contribution in [1.29, 1.82) is 0 Å². The lowest BCUT2D eigenvalue weighted by Gasteiger charge is -2.09. The molecule has 2 rings (SSSR count). The van der Waals surface area contributed by atoms with Crippen molar-refractivity contribution in [3.8, 4) is 0 Å². The van der Waals surface area contributed by atoms with Crippen molar-refractivity contribution in [3.63, 3.8) is 0 Å². The van der Waals surface area contributed by atoms with Gasteiger partial charge < -0.3 is 5.32 Å². The smallest absolute Gasteiger partial charge is 0.246 e. The molecule has 0 aliphatic carbocycles. The van der Waals surface area contributed by atoms with Crippen LogP contribution in [0.15, 0.2) is 59.5 Å². The Morgan fingerprint density at radius 3 is 2.45 bits per heavy atom. The van der Waals surface area contributed by atoms with Gasteiger partial charge in [-0.3, -0.25) is 4.79 Å². The summed E-state index contributed by atoms with van der Waals surface area (Å²) in [5.41, 5.74) is 0.386. The van der Waals surface area contributed by atoms with Crippen LogP contribution in [0.1, 0.15) is 6.92 Å². The minimum absolute atomic E-state index is 0.119. The Kier molecular flexibility index (Phi) is 4.95. The van der Waals surface area contributed by atoms with E-state index in [9.17, 15) is 13.2 Å². The SMILES string of the molecule is C=C(C)C(=O)NCCNS(=O)(=O)c1ccc2ccccc2c1. The van der Waals surface area contributed by atoms with Crippen LogP contribution in [0.4, 0.5) is 0 Å².